The van der Waals surface area contributed by atoms with E-state index in [0.717, 1.165) is 6.42 Å². The van der Waals surface area contributed by atoms with Crippen LogP contribution in [0, 0.1) is 5.92 Å². The van der Waals surface area contributed by atoms with Gasteiger partial charge in [0, 0.05) is 6.54 Å². The van der Waals surface area contributed by atoms with E-state index in [1.807, 2.05) is 27.7 Å². The lowest BCUT2D eigenvalue weighted by Gasteiger charge is -2.41. The van der Waals surface area contributed by atoms with Crippen molar-refractivity contribution in [2.45, 2.75) is 52.2 Å². The van der Waals surface area contributed by atoms with E-state index in [2.05, 4.69) is 0 Å². The lowest BCUT2D eigenvalue weighted by molar-refractivity contribution is -0.0625. The Bertz CT molecular complexity index is 268. The zero-order valence-electron chi connectivity index (χ0n) is 10.9. The predicted octanol–water partition coefficient (Wildman–Crippen LogP) is 2.01. The van der Waals surface area contributed by atoms with Crippen LogP contribution in [0.1, 0.15) is 41.0 Å². The van der Waals surface area contributed by atoms with Gasteiger partial charge in [-0.05, 0) is 40.0 Å². The van der Waals surface area contributed by atoms with Crippen LogP contribution in [0.3, 0.4) is 0 Å². The van der Waals surface area contributed by atoms with Crippen LogP contribution in [0.25, 0.3) is 0 Å². The topological polar surface area (TPSA) is 49.8 Å². The Morgan fingerprint density at radius 1 is 1.50 bits per heavy atom. The van der Waals surface area contributed by atoms with E-state index in [0.29, 0.717) is 13.1 Å². The second-order valence-electron chi connectivity index (χ2n) is 5.95. The standard InChI is InChI=1S/C12H23NO3/c1-9-6-7-13(8-12(9,5)15)10(14)16-11(2,3)4/h9,15H,6-8H2,1-5H3. The van der Waals surface area contributed by atoms with E-state index in [1.165, 1.54) is 0 Å². The highest BCUT2D eigenvalue weighted by Gasteiger charge is 2.38. The van der Waals surface area contributed by atoms with Gasteiger partial charge in [0.05, 0.1) is 12.1 Å². The third-order valence-electron chi connectivity index (χ3n) is 3.06. The molecule has 4 heteroatoms. The summed E-state index contributed by atoms with van der Waals surface area (Å²) in [6.07, 6.45) is 0.478. The average molecular weight is 229 g/mol. The van der Waals surface area contributed by atoms with Gasteiger partial charge in [0.25, 0.3) is 0 Å². The summed E-state index contributed by atoms with van der Waals surface area (Å²) in [7, 11) is 0. The van der Waals surface area contributed by atoms with Crippen molar-refractivity contribution in [3.8, 4) is 0 Å². The van der Waals surface area contributed by atoms with Gasteiger partial charge in [0.15, 0.2) is 0 Å². The molecule has 1 N–H and O–H groups in total. The Labute approximate surface area is 97.6 Å². The highest BCUT2D eigenvalue weighted by atomic mass is 16.6. The van der Waals surface area contributed by atoms with Gasteiger partial charge in [-0.3, -0.25) is 0 Å². The molecule has 1 fully saturated rings. The molecule has 1 aliphatic heterocycles. The van der Waals surface area contributed by atoms with Gasteiger partial charge < -0.3 is 14.7 Å². The summed E-state index contributed by atoms with van der Waals surface area (Å²) >= 11 is 0. The fourth-order valence-corrected chi connectivity index (χ4v) is 1.76. The van der Waals surface area contributed by atoms with E-state index in [4.69, 9.17) is 4.74 Å². The van der Waals surface area contributed by atoms with Crippen molar-refractivity contribution in [1.29, 1.82) is 0 Å². The first-order chi connectivity index (χ1) is 7.12. The molecule has 0 radical (unpaired) electrons. The Balaban J connectivity index is 2.60. The van der Waals surface area contributed by atoms with Crippen LogP contribution in [0.2, 0.25) is 0 Å². The highest BCUT2D eigenvalue weighted by Crippen LogP contribution is 2.27. The van der Waals surface area contributed by atoms with Gasteiger partial charge in [0.2, 0.25) is 0 Å². The highest BCUT2D eigenvalue weighted by molar-refractivity contribution is 5.68. The van der Waals surface area contributed by atoms with Crippen molar-refractivity contribution >= 4 is 6.09 Å². The Hall–Kier alpha value is -0.770. The van der Waals surface area contributed by atoms with E-state index < -0.39 is 11.2 Å². The summed E-state index contributed by atoms with van der Waals surface area (Å²) in [5.41, 5.74) is -1.29. The van der Waals surface area contributed by atoms with Crippen molar-refractivity contribution in [2.75, 3.05) is 13.1 Å². The van der Waals surface area contributed by atoms with Crippen molar-refractivity contribution in [1.82, 2.24) is 4.90 Å². The number of aliphatic hydroxyl groups is 1. The molecule has 0 aromatic carbocycles. The van der Waals surface area contributed by atoms with Gasteiger partial charge >= 0.3 is 6.09 Å². The fraction of sp³-hybridized carbons (Fsp3) is 0.917. The number of piperidine rings is 1. The molecule has 16 heavy (non-hydrogen) atoms. The molecule has 1 amide bonds. The number of likely N-dealkylation sites (tertiary alicyclic amines) is 1. The van der Waals surface area contributed by atoms with Crippen LogP contribution in [0.15, 0.2) is 0 Å². The number of hydrogen-bond acceptors (Lipinski definition) is 3. The van der Waals surface area contributed by atoms with Crippen LogP contribution in [0.5, 0.6) is 0 Å². The van der Waals surface area contributed by atoms with E-state index >= 15 is 0 Å². The second kappa shape index (κ2) is 4.24. The minimum Gasteiger partial charge on any atom is -0.444 e. The average Bonchev–Trinajstić information content (AvgIpc) is 2.06. The van der Waals surface area contributed by atoms with E-state index in [9.17, 15) is 9.90 Å². The largest absolute Gasteiger partial charge is 0.444 e. The Morgan fingerprint density at radius 3 is 2.50 bits per heavy atom. The van der Waals surface area contributed by atoms with Crippen LogP contribution in [-0.2, 0) is 4.74 Å². The summed E-state index contributed by atoms with van der Waals surface area (Å²) in [5, 5.41) is 10.1. The zero-order valence-corrected chi connectivity index (χ0v) is 10.9. The molecule has 0 spiro atoms. The molecule has 94 valence electrons. The maximum atomic E-state index is 11.8. The number of amides is 1. The minimum atomic E-state index is -0.810. The molecular weight excluding hydrogens is 206 g/mol. The zero-order chi connectivity index (χ0) is 12.6. The molecule has 1 aliphatic rings. The van der Waals surface area contributed by atoms with Gasteiger partial charge in [-0.1, -0.05) is 6.92 Å². The Morgan fingerprint density at radius 2 is 2.06 bits per heavy atom. The van der Waals surface area contributed by atoms with Gasteiger partial charge in [-0.15, -0.1) is 0 Å². The van der Waals surface area contributed by atoms with Crippen molar-refractivity contribution in [3.05, 3.63) is 0 Å². The van der Waals surface area contributed by atoms with Crippen LogP contribution < -0.4 is 0 Å². The fourth-order valence-electron chi connectivity index (χ4n) is 1.76. The first-order valence-electron chi connectivity index (χ1n) is 5.82. The number of nitrogens with zero attached hydrogens (tertiary/aromatic N) is 1. The Kier molecular flexibility index (Phi) is 3.53. The molecule has 1 heterocycles. The summed E-state index contributed by atoms with van der Waals surface area (Å²) in [4.78, 5) is 13.4. The molecule has 2 atom stereocenters. The molecule has 2 unspecified atom stereocenters. The quantitative estimate of drug-likeness (QED) is 0.691. The number of carbonyl (C=O) groups excluding carboxylic acids is 1. The molecule has 0 aromatic rings. The molecule has 1 saturated heterocycles. The second-order valence-corrected chi connectivity index (χ2v) is 5.95. The molecule has 0 bridgehead atoms. The molecule has 4 nitrogen and oxygen atoms in total. The summed E-state index contributed by atoms with van der Waals surface area (Å²) < 4.78 is 5.28. The van der Waals surface area contributed by atoms with E-state index in [-0.39, 0.29) is 12.0 Å². The van der Waals surface area contributed by atoms with Crippen molar-refractivity contribution in [3.63, 3.8) is 0 Å². The predicted molar refractivity (Wildman–Crippen MR) is 62.2 cm³/mol. The number of carbonyl (C=O) groups is 1. The third-order valence-corrected chi connectivity index (χ3v) is 3.06. The first-order valence-corrected chi connectivity index (χ1v) is 5.82. The minimum absolute atomic E-state index is 0.214. The lowest BCUT2D eigenvalue weighted by Crippen LogP contribution is -2.53. The normalized spacial score (nSPS) is 31.4. The molecule has 0 saturated carbocycles. The molecule has 1 rings (SSSR count). The monoisotopic (exact) mass is 229 g/mol. The van der Waals surface area contributed by atoms with Crippen LogP contribution in [0.4, 0.5) is 4.79 Å². The van der Waals surface area contributed by atoms with Crippen LogP contribution >= 0.6 is 0 Å². The number of ether oxygens (including phenoxy) is 1. The number of hydrogen-bond donors (Lipinski definition) is 1. The lowest BCUT2D eigenvalue weighted by atomic mass is 9.84. The molecule has 0 aliphatic carbocycles. The van der Waals surface area contributed by atoms with Gasteiger partial charge in [-0.25, -0.2) is 4.79 Å². The van der Waals surface area contributed by atoms with E-state index in [1.54, 1.807) is 11.8 Å². The number of rotatable bonds is 0. The third kappa shape index (κ3) is 3.37. The maximum Gasteiger partial charge on any atom is 0.410 e. The van der Waals surface area contributed by atoms with Gasteiger partial charge in [0.1, 0.15) is 5.60 Å². The smallest absolute Gasteiger partial charge is 0.410 e. The van der Waals surface area contributed by atoms with Gasteiger partial charge in [-0.2, -0.15) is 0 Å². The SMILES string of the molecule is CC1CCN(C(=O)OC(C)(C)C)CC1(C)O. The summed E-state index contributed by atoms with van der Waals surface area (Å²) in [6.45, 7) is 10.3. The van der Waals surface area contributed by atoms with Crippen molar-refractivity contribution < 1.29 is 14.6 Å². The number of β-amino-alcohol motifs (C(OH)–C–C–N with tert-alkyl or cyclic N) is 1. The van der Waals surface area contributed by atoms with Crippen molar-refractivity contribution in [2.24, 2.45) is 5.92 Å². The van der Waals surface area contributed by atoms with Crippen LogP contribution in [-0.4, -0.2) is 40.4 Å². The summed E-state index contributed by atoms with van der Waals surface area (Å²) in [5.74, 6) is 0.214. The molecule has 0 aromatic heterocycles. The summed E-state index contributed by atoms with van der Waals surface area (Å²) in [6, 6.07) is 0. The molecular formula is C12H23NO3. The first kappa shape index (κ1) is 13.3. The maximum absolute atomic E-state index is 11.8.